The van der Waals surface area contributed by atoms with Crippen LogP contribution in [0.3, 0.4) is 0 Å². The van der Waals surface area contributed by atoms with Gasteiger partial charge < -0.3 is 4.74 Å². The topological polar surface area (TPSA) is 102 Å². The number of nitrogens with zero attached hydrogens (tertiary/aromatic N) is 1. The molecule has 178 valence electrons. The molecule has 3 N–H and O–H groups in total. The third kappa shape index (κ3) is 5.14. The Morgan fingerprint density at radius 2 is 1.50 bits per heavy atom. The number of carbonyl (C=O) groups is 1. The number of benzene rings is 3. The highest BCUT2D eigenvalue weighted by molar-refractivity contribution is 7.87. The van der Waals surface area contributed by atoms with Crippen LogP contribution in [0.15, 0.2) is 84.9 Å². The Labute approximate surface area is 200 Å². The molecule has 8 heteroatoms. The molecular weight excluding hydrogens is 450 g/mol. The molecule has 3 aromatic carbocycles. The van der Waals surface area contributed by atoms with Crippen molar-refractivity contribution in [3.8, 4) is 5.75 Å². The highest BCUT2D eigenvalue weighted by atomic mass is 32.2. The number of hydrogen-bond acceptors (Lipinski definition) is 5. The summed E-state index contributed by atoms with van der Waals surface area (Å²) in [6, 6.07) is 27.8. The molecule has 4 rings (SSSR count). The Bertz CT molecular complexity index is 1190. The van der Waals surface area contributed by atoms with Crippen LogP contribution in [-0.2, 0) is 20.4 Å². The van der Waals surface area contributed by atoms with Gasteiger partial charge in [0.15, 0.2) is 0 Å². The molecule has 3 aromatic rings. The van der Waals surface area contributed by atoms with Crippen LogP contribution in [0, 0.1) is 0 Å². The summed E-state index contributed by atoms with van der Waals surface area (Å²) < 4.78 is 30.9. The second-order valence-corrected chi connectivity index (χ2v) is 9.84. The zero-order valence-corrected chi connectivity index (χ0v) is 19.9. The van der Waals surface area contributed by atoms with E-state index in [4.69, 9.17) is 9.88 Å². The van der Waals surface area contributed by atoms with Crippen LogP contribution in [0.1, 0.15) is 35.6 Å². The summed E-state index contributed by atoms with van der Waals surface area (Å²) in [5.41, 5.74) is 1.99. The van der Waals surface area contributed by atoms with Crippen molar-refractivity contribution in [3.05, 3.63) is 102 Å². The van der Waals surface area contributed by atoms with Gasteiger partial charge in [-0.2, -0.15) is 8.42 Å². The number of hydrogen-bond donors (Lipinski definition) is 2. The second-order valence-electron chi connectivity index (χ2n) is 8.55. The summed E-state index contributed by atoms with van der Waals surface area (Å²) in [5, 5.41) is 5.17. The molecule has 1 saturated heterocycles. The average molecular weight is 480 g/mol. The maximum absolute atomic E-state index is 13.3. The lowest BCUT2D eigenvalue weighted by molar-refractivity contribution is -0.127. The monoisotopic (exact) mass is 479 g/mol. The van der Waals surface area contributed by atoms with E-state index >= 15 is 0 Å². The van der Waals surface area contributed by atoms with E-state index in [9.17, 15) is 13.2 Å². The highest BCUT2D eigenvalue weighted by Gasteiger charge is 2.45. The number of piperidine rings is 1. The van der Waals surface area contributed by atoms with Crippen LogP contribution in [-0.4, -0.2) is 39.4 Å². The largest absolute Gasteiger partial charge is 0.497 e. The minimum atomic E-state index is -4.19. The summed E-state index contributed by atoms with van der Waals surface area (Å²) in [6.45, 7) is 1.17. The molecule has 0 aliphatic carbocycles. The Kier molecular flexibility index (Phi) is 7.02. The first-order valence-electron chi connectivity index (χ1n) is 11.2. The van der Waals surface area contributed by atoms with Gasteiger partial charge in [-0.05, 0) is 41.7 Å². The van der Waals surface area contributed by atoms with Gasteiger partial charge in [-0.15, -0.1) is 0 Å². The number of nitrogens with two attached hydrogens (primary N) is 1. The van der Waals surface area contributed by atoms with Gasteiger partial charge in [0, 0.05) is 13.1 Å². The number of amides is 1. The Balaban J connectivity index is 1.69. The van der Waals surface area contributed by atoms with Gasteiger partial charge in [0.05, 0.1) is 18.6 Å². The van der Waals surface area contributed by atoms with Gasteiger partial charge in [-0.1, -0.05) is 72.8 Å². The van der Waals surface area contributed by atoms with Gasteiger partial charge in [-0.25, -0.2) is 9.86 Å². The predicted molar refractivity (Wildman–Crippen MR) is 131 cm³/mol. The van der Waals surface area contributed by atoms with Crippen molar-refractivity contribution in [2.24, 2.45) is 5.14 Å². The molecule has 0 unspecified atom stereocenters. The molecule has 0 spiro atoms. The first kappa shape index (κ1) is 23.9. The summed E-state index contributed by atoms with van der Waals surface area (Å²) in [6.07, 6.45) is 0.857. The van der Waals surface area contributed by atoms with Crippen LogP contribution in [0.4, 0.5) is 0 Å². The van der Waals surface area contributed by atoms with Crippen molar-refractivity contribution < 1.29 is 17.9 Å². The van der Waals surface area contributed by atoms with Crippen LogP contribution in [0.25, 0.3) is 0 Å². The zero-order chi connectivity index (χ0) is 24.2. The molecule has 0 bridgehead atoms. The van der Waals surface area contributed by atoms with Crippen LogP contribution < -0.4 is 14.6 Å². The molecular formula is C26H29N3O4S. The standard InChI is InChI=1S/C26H29N3O4S/c1-33-23-14-8-13-22(19-23)26(25(30)28-34(27,31)32)15-17-29(18-16-26)24(20-9-4-2-5-10-20)21-11-6-3-7-12-21/h2-14,19,24H,15-18H2,1H3,(H,28,30)(H2,27,31,32). The Morgan fingerprint density at radius 3 is 2.00 bits per heavy atom. The normalized spacial score (nSPS) is 16.2. The molecule has 1 aliphatic heterocycles. The fourth-order valence-corrected chi connectivity index (χ4v) is 5.30. The third-order valence-electron chi connectivity index (χ3n) is 6.54. The van der Waals surface area contributed by atoms with Crippen LogP contribution >= 0.6 is 0 Å². The molecule has 1 amide bonds. The van der Waals surface area contributed by atoms with E-state index in [1.54, 1.807) is 19.2 Å². The zero-order valence-electron chi connectivity index (χ0n) is 19.1. The molecule has 0 aromatic heterocycles. The third-order valence-corrected chi connectivity index (χ3v) is 7.01. The lowest BCUT2D eigenvalue weighted by Crippen LogP contribution is -2.54. The SMILES string of the molecule is COc1cccc(C2(C(=O)NS(N)(=O)=O)CCN(C(c3ccccc3)c3ccccc3)CC2)c1. The van der Waals surface area contributed by atoms with Crippen molar-refractivity contribution in [2.45, 2.75) is 24.3 Å². The van der Waals surface area contributed by atoms with Crippen molar-refractivity contribution in [2.75, 3.05) is 20.2 Å². The highest BCUT2D eigenvalue weighted by Crippen LogP contribution is 2.41. The van der Waals surface area contributed by atoms with E-state index in [-0.39, 0.29) is 6.04 Å². The number of rotatable bonds is 7. The van der Waals surface area contributed by atoms with Crippen molar-refractivity contribution in [3.63, 3.8) is 0 Å². The quantitative estimate of drug-likeness (QED) is 0.542. The van der Waals surface area contributed by atoms with Gasteiger partial charge in [0.1, 0.15) is 5.75 Å². The van der Waals surface area contributed by atoms with Gasteiger partial charge in [0.25, 0.3) is 10.2 Å². The minimum Gasteiger partial charge on any atom is -0.497 e. The second kappa shape index (κ2) is 9.97. The summed E-state index contributed by atoms with van der Waals surface area (Å²) in [5.74, 6) is -0.00645. The molecule has 1 heterocycles. The lowest BCUT2D eigenvalue weighted by Gasteiger charge is -2.44. The fourth-order valence-electron chi connectivity index (χ4n) is 4.84. The molecule has 1 fully saturated rings. The molecule has 0 radical (unpaired) electrons. The summed E-state index contributed by atoms with van der Waals surface area (Å²) in [7, 11) is -2.64. The van der Waals surface area contributed by atoms with Crippen molar-refractivity contribution >= 4 is 16.1 Å². The van der Waals surface area contributed by atoms with E-state index < -0.39 is 21.5 Å². The molecule has 0 atom stereocenters. The van der Waals surface area contributed by atoms with Gasteiger partial charge >= 0.3 is 0 Å². The first-order valence-corrected chi connectivity index (χ1v) is 12.7. The molecule has 34 heavy (non-hydrogen) atoms. The van der Waals surface area contributed by atoms with E-state index in [0.29, 0.717) is 37.2 Å². The van der Waals surface area contributed by atoms with Gasteiger partial charge in [0.2, 0.25) is 5.91 Å². The van der Waals surface area contributed by atoms with Crippen LogP contribution in [0.2, 0.25) is 0 Å². The van der Waals surface area contributed by atoms with Crippen molar-refractivity contribution in [1.29, 1.82) is 0 Å². The number of carbonyl (C=O) groups excluding carboxylic acids is 1. The summed E-state index contributed by atoms with van der Waals surface area (Å²) >= 11 is 0. The van der Waals surface area contributed by atoms with E-state index in [0.717, 1.165) is 11.1 Å². The number of likely N-dealkylation sites (tertiary alicyclic amines) is 1. The van der Waals surface area contributed by atoms with Crippen LogP contribution in [0.5, 0.6) is 5.75 Å². The Hall–Kier alpha value is -3.20. The number of nitrogens with one attached hydrogen (secondary N) is 1. The van der Waals surface area contributed by atoms with Crippen molar-refractivity contribution in [1.82, 2.24) is 9.62 Å². The molecule has 0 saturated carbocycles. The van der Waals surface area contributed by atoms with E-state index in [2.05, 4.69) is 29.2 Å². The smallest absolute Gasteiger partial charge is 0.298 e. The summed E-state index contributed by atoms with van der Waals surface area (Å²) in [4.78, 5) is 15.7. The fraction of sp³-hybridized carbons (Fsp3) is 0.269. The number of methoxy groups -OCH3 is 1. The maximum Gasteiger partial charge on any atom is 0.298 e. The predicted octanol–water partition coefficient (Wildman–Crippen LogP) is 3.14. The maximum atomic E-state index is 13.3. The van der Waals surface area contributed by atoms with Gasteiger partial charge in [-0.3, -0.25) is 9.69 Å². The first-order chi connectivity index (χ1) is 16.3. The average Bonchev–Trinajstić information content (AvgIpc) is 2.85. The molecule has 7 nitrogen and oxygen atoms in total. The number of ether oxygens (including phenoxy) is 1. The lowest BCUT2D eigenvalue weighted by atomic mass is 9.71. The Morgan fingerprint density at radius 1 is 0.941 bits per heavy atom. The minimum absolute atomic E-state index is 0.0204. The van der Waals surface area contributed by atoms with E-state index in [1.807, 2.05) is 53.3 Å². The molecule has 1 aliphatic rings. The van der Waals surface area contributed by atoms with E-state index in [1.165, 1.54) is 0 Å².